The number of imidazole rings is 1. The highest BCUT2D eigenvalue weighted by atomic mass is 32.2. The van der Waals surface area contributed by atoms with Gasteiger partial charge in [0.2, 0.25) is 0 Å². The number of anilines is 1. The molecule has 1 aliphatic rings. The summed E-state index contributed by atoms with van der Waals surface area (Å²) >= 11 is 0. The Balaban J connectivity index is 2.08. The molecule has 3 N–H and O–H groups in total. The Morgan fingerprint density at radius 3 is 2.78 bits per heavy atom. The van der Waals surface area contributed by atoms with Crippen LogP contribution < -0.4 is 10.5 Å². The lowest BCUT2D eigenvalue weighted by Gasteiger charge is -2.16. The summed E-state index contributed by atoms with van der Waals surface area (Å²) in [4.78, 5) is 3.80. The van der Waals surface area contributed by atoms with Gasteiger partial charge in [0, 0.05) is 13.6 Å². The second-order valence-electron chi connectivity index (χ2n) is 5.07. The van der Waals surface area contributed by atoms with Crippen LogP contribution in [0.15, 0.2) is 11.4 Å². The largest absolute Gasteiger partial charge is 0.381 e. The zero-order valence-corrected chi connectivity index (χ0v) is 11.6. The van der Waals surface area contributed by atoms with Crippen molar-refractivity contribution in [1.29, 1.82) is 0 Å². The molecule has 0 radical (unpaired) electrons. The minimum absolute atomic E-state index is 0.0458. The van der Waals surface area contributed by atoms with E-state index < -0.39 is 10.0 Å². The molecule has 102 valence electrons. The molecule has 1 aromatic heterocycles. The van der Waals surface area contributed by atoms with Crippen molar-refractivity contribution in [2.45, 2.75) is 31.2 Å². The van der Waals surface area contributed by atoms with Crippen LogP contribution in [0.3, 0.4) is 0 Å². The quantitative estimate of drug-likeness (QED) is 0.845. The molecule has 6 nitrogen and oxygen atoms in total. The van der Waals surface area contributed by atoms with Crippen LogP contribution in [-0.2, 0) is 17.1 Å². The lowest BCUT2D eigenvalue weighted by molar-refractivity contribution is 0.414. The second kappa shape index (κ2) is 4.89. The van der Waals surface area contributed by atoms with Crippen LogP contribution in [0.2, 0.25) is 0 Å². The topological polar surface area (TPSA) is 90.0 Å². The van der Waals surface area contributed by atoms with Gasteiger partial charge in [-0.15, -0.1) is 0 Å². The minimum atomic E-state index is -3.56. The number of aryl methyl sites for hydroxylation is 1. The third kappa shape index (κ3) is 2.51. The smallest absolute Gasteiger partial charge is 0.260 e. The van der Waals surface area contributed by atoms with E-state index >= 15 is 0 Å². The Hall–Kier alpha value is -1.08. The van der Waals surface area contributed by atoms with Crippen LogP contribution in [0.5, 0.6) is 0 Å². The average molecular weight is 272 g/mol. The predicted molar refractivity (Wildman–Crippen MR) is 69.3 cm³/mol. The fourth-order valence-electron chi connectivity index (χ4n) is 2.57. The Morgan fingerprint density at radius 2 is 2.28 bits per heavy atom. The van der Waals surface area contributed by atoms with Gasteiger partial charge in [0.25, 0.3) is 10.0 Å². The first-order valence-corrected chi connectivity index (χ1v) is 7.66. The van der Waals surface area contributed by atoms with Gasteiger partial charge in [0.1, 0.15) is 0 Å². The van der Waals surface area contributed by atoms with Crippen molar-refractivity contribution < 1.29 is 8.42 Å². The van der Waals surface area contributed by atoms with Gasteiger partial charge in [0.05, 0.1) is 6.33 Å². The molecule has 1 aliphatic carbocycles. The summed E-state index contributed by atoms with van der Waals surface area (Å²) in [6.07, 6.45) is 4.86. The first-order chi connectivity index (χ1) is 8.42. The molecule has 1 fully saturated rings. The number of nitrogens with zero attached hydrogens (tertiary/aromatic N) is 2. The summed E-state index contributed by atoms with van der Waals surface area (Å²) in [5, 5.41) is 0.0492. The van der Waals surface area contributed by atoms with Gasteiger partial charge >= 0.3 is 0 Å². The standard InChI is InChI=1S/C11H20N4O2S/c1-8-4-3-5-9(8)6-14-18(16,17)11-10(12)13-7-15(11)2/h7-9,14H,3-6,12H2,1-2H3. The van der Waals surface area contributed by atoms with Gasteiger partial charge in [-0.05, 0) is 18.3 Å². The van der Waals surface area contributed by atoms with Crippen LogP contribution in [0.25, 0.3) is 0 Å². The zero-order chi connectivity index (χ0) is 13.3. The highest BCUT2D eigenvalue weighted by Gasteiger charge is 2.27. The van der Waals surface area contributed by atoms with Crippen LogP contribution >= 0.6 is 0 Å². The fourth-order valence-corrected chi connectivity index (χ4v) is 3.90. The number of sulfonamides is 1. The summed E-state index contributed by atoms with van der Waals surface area (Å²) in [6, 6.07) is 0. The third-order valence-electron chi connectivity index (χ3n) is 3.74. The molecule has 0 saturated heterocycles. The molecular formula is C11H20N4O2S. The SMILES string of the molecule is CC1CCCC1CNS(=O)(=O)c1c(N)ncn1C. The average Bonchev–Trinajstić information content (AvgIpc) is 2.83. The summed E-state index contributed by atoms with van der Waals surface area (Å²) in [5.74, 6) is 1.05. The molecule has 2 rings (SSSR count). The van der Waals surface area contributed by atoms with E-state index in [4.69, 9.17) is 5.73 Å². The normalized spacial score (nSPS) is 24.6. The van der Waals surface area contributed by atoms with E-state index in [0.29, 0.717) is 18.4 Å². The van der Waals surface area contributed by atoms with Gasteiger partial charge in [-0.3, -0.25) is 0 Å². The molecule has 2 unspecified atom stereocenters. The maximum atomic E-state index is 12.1. The molecule has 1 heterocycles. The first-order valence-electron chi connectivity index (χ1n) is 6.18. The highest BCUT2D eigenvalue weighted by molar-refractivity contribution is 7.89. The number of nitrogen functional groups attached to an aromatic ring is 1. The molecule has 0 spiro atoms. The van der Waals surface area contributed by atoms with Crippen LogP contribution in [0.4, 0.5) is 5.82 Å². The lowest BCUT2D eigenvalue weighted by atomic mass is 9.99. The van der Waals surface area contributed by atoms with Gasteiger partial charge in [-0.25, -0.2) is 18.1 Å². The van der Waals surface area contributed by atoms with Crippen LogP contribution in [-0.4, -0.2) is 24.5 Å². The van der Waals surface area contributed by atoms with E-state index in [9.17, 15) is 8.42 Å². The maximum Gasteiger partial charge on any atom is 0.260 e. The Labute approximate surface area is 108 Å². The number of hydrogen-bond acceptors (Lipinski definition) is 4. The monoisotopic (exact) mass is 272 g/mol. The second-order valence-corrected chi connectivity index (χ2v) is 6.75. The molecule has 0 amide bonds. The molecule has 7 heteroatoms. The highest BCUT2D eigenvalue weighted by Crippen LogP contribution is 2.30. The van der Waals surface area contributed by atoms with Gasteiger partial charge in [0.15, 0.2) is 10.8 Å². The van der Waals surface area contributed by atoms with Gasteiger partial charge in [-0.1, -0.05) is 19.8 Å². The summed E-state index contributed by atoms with van der Waals surface area (Å²) < 4.78 is 28.4. The van der Waals surface area contributed by atoms with Gasteiger partial charge < -0.3 is 10.3 Å². The minimum Gasteiger partial charge on any atom is -0.381 e. The molecule has 0 aliphatic heterocycles. The fraction of sp³-hybridized carbons (Fsp3) is 0.727. The van der Waals surface area contributed by atoms with Crippen LogP contribution in [0.1, 0.15) is 26.2 Å². The molecule has 1 aromatic rings. The van der Waals surface area contributed by atoms with E-state index in [1.54, 1.807) is 7.05 Å². The Morgan fingerprint density at radius 1 is 1.56 bits per heavy atom. The maximum absolute atomic E-state index is 12.1. The van der Waals surface area contributed by atoms with Crippen molar-refractivity contribution in [3.05, 3.63) is 6.33 Å². The van der Waals surface area contributed by atoms with E-state index in [0.717, 1.165) is 6.42 Å². The van der Waals surface area contributed by atoms with Crippen molar-refractivity contribution in [3.8, 4) is 0 Å². The van der Waals surface area contributed by atoms with E-state index in [1.165, 1.54) is 23.7 Å². The van der Waals surface area contributed by atoms with Gasteiger partial charge in [-0.2, -0.15) is 0 Å². The van der Waals surface area contributed by atoms with E-state index in [-0.39, 0.29) is 10.8 Å². The Kier molecular flexibility index (Phi) is 3.63. The van der Waals surface area contributed by atoms with Crippen molar-refractivity contribution in [2.24, 2.45) is 18.9 Å². The van der Waals surface area contributed by atoms with Crippen molar-refractivity contribution in [3.63, 3.8) is 0 Å². The lowest BCUT2D eigenvalue weighted by Crippen LogP contribution is -2.31. The van der Waals surface area contributed by atoms with Crippen molar-refractivity contribution in [1.82, 2.24) is 14.3 Å². The summed E-state index contributed by atoms with van der Waals surface area (Å²) in [7, 11) is -1.94. The van der Waals surface area contributed by atoms with Crippen molar-refractivity contribution in [2.75, 3.05) is 12.3 Å². The number of nitrogens with two attached hydrogens (primary N) is 1. The molecule has 0 bridgehead atoms. The molecule has 2 atom stereocenters. The number of nitrogens with one attached hydrogen (secondary N) is 1. The molecule has 0 aromatic carbocycles. The predicted octanol–water partition coefficient (Wildman–Crippen LogP) is 0.717. The summed E-state index contributed by atoms with van der Waals surface area (Å²) in [5.41, 5.74) is 5.59. The number of rotatable bonds is 4. The number of aromatic nitrogens is 2. The molecule has 1 saturated carbocycles. The van der Waals surface area contributed by atoms with Crippen LogP contribution in [0, 0.1) is 11.8 Å². The van der Waals surface area contributed by atoms with Crippen molar-refractivity contribution >= 4 is 15.8 Å². The summed E-state index contributed by atoms with van der Waals surface area (Å²) in [6.45, 7) is 2.65. The third-order valence-corrected chi connectivity index (χ3v) is 5.29. The Bertz CT molecular complexity index is 504. The van der Waals surface area contributed by atoms with E-state index in [2.05, 4.69) is 16.6 Å². The number of hydrogen-bond donors (Lipinski definition) is 2. The molecule has 18 heavy (non-hydrogen) atoms. The first kappa shape index (κ1) is 13.4. The van der Waals surface area contributed by atoms with E-state index in [1.807, 2.05) is 0 Å². The zero-order valence-electron chi connectivity index (χ0n) is 10.8. The molecular weight excluding hydrogens is 252 g/mol.